The zero-order valence-electron chi connectivity index (χ0n) is 15.1. The number of carbonyl (C=O) groups is 2. The SMILES string of the molecule is CC(C)c1ccc(-c2noc(CCC(=O)N[C@@H]3CCC(=O)NC3)n2)cc1. The maximum Gasteiger partial charge on any atom is 0.227 e. The zero-order valence-corrected chi connectivity index (χ0v) is 15.1. The van der Waals surface area contributed by atoms with Crippen molar-refractivity contribution in [2.24, 2.45) is 0 Å². The summed E-state index contributed by atoms with van der Waals surface area (Å²) in [5.41, 5.74) is 2.15. The zero-order chi connectivity index (χ0) is 18.5. The number of hydrogen-bond donors (Lipinski definition) is 2. The second-order valence-corrected chi connectivity index (χ2v) is 6.90. The number of aryl methyl sites for hydroxylation is 1. The molecule has 1 aliphatic heterocycles. The van der Waals surface area contributed by atoms with Crippen molar-refractivity contribution in [1.29, 1.82) is 0 Å². The maximum atomic E-state index is 12.0. The number of amides is 2. The van der Waals surface area contributed by atoms with E-state index in [9.17, 15) is 9.59 Å². The highest BCUT2D eigenvalue weighted by Gasteiger charge is 2.20. The molecule has 1 atom stereocenters. The van der Waals surface area contributed by atoms with Gasteiger partial charge in [0, 0.05) is 37.4 Å². The highest BCUT2D eigenvalue weighted by molar-refractivity contribution is 5.79. The number of piperidine rings is 1. The summed E-state index contributed by atoms with van der Waals surface area (Å²) >= 11 is 0. The third-order valence-electron chi connectivity index (χ3n) is 4.50. The predicted molar refractivity (Wildman–Crippen MR) is 96.3 cm³/mol. The fourth-order valence-electron chi connectivity index (χ4n) is 2.87. The molecule has 2 amide bonds. The van der Waals surface area contributed by atoms with Crippen LogP contribution in [-0.4, -0.2) is 34.5 Å². The van der Waals surface area contributed by atoms with Crippen LogP contribution in [-0.2, 0) is 16.0 Å². The Bertz CT molecular complexity index is 757. The first-order valence-electron chi connectivity index (χ1n) is 9.00. The number of benzene rings is 1. The highest BCUT2D eigenvalue weighted by atomic mass is 16.5. The number of carbonyl (C=O) groups excluding carboxylic acids is 2. The van der Waals surface area contributed by atoms with Gasteiger partial charge in [0.25, 0.3) is 0 Å². The second-order valence-electron chi connectivity index (χ2n) is 6.90. The number of aromatic nitrogens is 2. The lowest BCUT2D eigenvalue weighted by Crippen LogP contribution is -2.47. The molecule has 1 saturated heterocycles. The Morgan fingerprint density at radius 3 is 2.77 bits per heavy atom. The van der Waals surface area contributed by atoms with Crippen LogP contribution in [0, 0.1) is 0 Å². The molecule has 0 bridgehead atoms. The van der Waals surface area contributed by atoms with Gasteiger partial charge in [0.15, 0.2) is 0 Å². The summed E-state index contributed by atoms with van der Waals surface area (Å²) in [5.74, 6) is 1.41. The minimum atomic E-state index is -0.0767. The summed E-state index contributed by atoms with van der Waals surface area (Å²) in [7, 11) is 0. The Kier molecular flexibility index (Phi) is 5.65. The topological polar surface area (TPSA) is 97.1 Å². The van der Waals surface area contributed by atoms with Crippen LogP contribution < -0.4 is 10.6 Å². The van der Waals surface area contributed by atoms with Crippen LogP contribution in [0.25, 0.3) is 11.4 Å². The number of nitrogens with one attached hydrogen (secondary N) is 2. The second kappa shape index (κ2) is 8.12. The minimum absolute atomic E-state index is 0.00193. The van der Waals surface area contributed by atoms with Crippen molar-refractivity contribution in [1.82, 2.24) is 20.8 Å². The molecule has 2 aromatic rings. The van der Waals surface area contributed by atoms with E-state index in [-0.39, 0.29) is 24.3 Å². The van der Waals surface area contributed by atoms with Crippen molar-refractivity contribution in [3.8, 4) is 11.4 Å². The lowest BCUT2D eigenvalue weighted by Gasteiger charge is -2.23. The summed E-state index contributed by atoms with van der Waals surface area (Å²) in [6.45, 7) is 4.78. The average molecular weight is 356 g/mol. The van der Waals surface area contributed by atoms with E-state index < -0.39 is 0 Å². The summed E-state index contributed by atoms with van der Waals surface area (Å²) in [6, 6.07) is 8.08. The largest absolute Gasteiger partial charge is 0.354 e. The maximum absolute atomic E-state index is 12.0. The van der Waals surface area contributed by atoms with Crippen LogP contribution in [0.5, 0.6) is 0 Å². The molecular weight excluding hydrogens is 332 g/mol. The van der Waals surface area contributed by atoms with Crippen molar-refractivity contribution >= 4 is 11.8 Å². The number of rotatable bonds is 6. The van der Waals surface area contributed by atoms with Crippen molar-refractivity contribution in [3.63, 3.8) is 0 Å². The lowest BCUT2D eigenvalue weighted by molar-refractivity contribution is -0.125. The van der Waals surface area contributed by atoms with Gasteiger partial charge in [-0.15, -0.1) is 0 Å². The fourth-order valence-corrected chi connectivity index (χ4v) is 2.87. The van der Waals surface area contributed by atoms with E-state index in [1.807, 2.05) is 12.1 Å². The first kappa shape index (κ1) is 18.1. The van der Waals surface area contributed by atoms with Crippen molar-refractivity contribution in [2.75, 3.05) is 6.54 Å². The molecule has 2 heterocycles. The van der Waals surface area contributed by atoms with Gasteiger partial charge in [-0.05, 0) is 17.9 Å². The third-order valence-corrected chi connectivity index (χ3v) is 4.50. The van der Waals surface area contributed by atoms with E-state index in [4.69, 9.17) is 4.52 Å². The molecule has 2 N–H and O–H groups in total. The van der Waals surface area contributed by atoms with E-state index in [1.165, 1.54) is 5.56 Å². The first-order chi connectivity index (χ1) is 12.5. The van der Waals surface area contributed by atoms with E-state index in [0.717, 1.165) is 5.56 Å². The number of nitrogens with zero attached hydrogens (tertiary/aromatic N) is 2. The molecule has 1 aliphatic rings. The summed E-state index contributed by atoms with van der Waals surface area (Å²) in [4.78, 5) is 27.5. The van der Waals surface area contributed by atoms with Crippen LogP contribution in [0.4, 0.5) is 0 Å². The Labute approximate surface area is 152 Å². The quantitative estimate of drug-likeness (QED) is 0.827. The van der Waals surface area contributed by atoms with Gasteiger partial charge in [0.05, 0.1) is 0 Å². The highest BCUT2D eigenvalue weighted by Crippen LogP contribution is 2.20. The van der Waals surface area contributed by atoms with E-state index in [0.29, 0.717) is 43.4 Å². The molecule has 7 heteroatoms. The molecule has 1 aromatic carbocycles. The van der Waals surface area contributed by atoms with Gasteiger partial charge in [-0.25, -0.2) is 0 Å². The molecule has 3 rings (SSSR count). The first-order valence-corrected chi connectivity index (χ1v) is 9.00. The van der Waals surface area contributed by atoms with Crippen LogP contribution in [0.15, 0.2) is 28.8 Å². The molecule has 0 radical (unpaired) electrons. The van der Waals surface area contributed by atoms with Gasteiger partial charge in [0.1, 0.15) is 0 Å². The van der Waals surface area contributed by atoms with Gasteiger partial charge in [0.2, 0.25) is 23.5 Å². The minimum Gasteiger partial charge on any atom is -0.354 e. The van der Waals surface area contributed by atoms with Gasteiger partial charge in [-0.3, -0.25) is 9.59 Å². The predicted octanol–water partition coefficient (Wildman–Crippen LogP) is 2.19. The van der Waals surface area contributed by atoms with Crippen molar-refractivity contribution in [2.45, 2.75) is 51.5 Å². The Balaban J connectivity index is 1.50. The van der Waals surface area contributed by atoms with E-state index >= 15 is 0 Å². The van der Waals surface area contributed by atoms with Crippen LogP contribution in [0.1, 0.15) is 50.5 Å². The molecule has 1 fully saturated rings. The Hall–Kier alpha value is -2.70. The smallest absolute Gasteiger partial charge is 0.227 e. The fraction of sp³-hybridized carbons (Fsp3) is 0.474. The molecule has 0 spiro atoms. The normalized spacial score (nSPS) is 17.2. The monoisotopic (exact) mass is 356 g/mol. The average Bonchev–Trinajstić information content (AvgIpc) is 3.11. The summed E-state index contributed by atoms with van der Waals surface area (Å²) in [6.07, 6.45) is 1.79. The number of hydrogen-bond acceptors (Lipinski definition) is 5. The molecular formula is C19H24N4O3. The van der Waals surface area contributed by atoms with Gasteiger partial charge < -0.3 is 15.2 Å². The molecule has 26 heavy (non-hydrogen) atoms. The molecule has 0 unspecified atom stereocenters. The standard InChI is InChI=1S/C19H24N4O3/c1-12(2)13-3-5-14(6-4-13)19-22-18(26-23-19)10-9-17(25)21-15-7-8-16(24)20-11-15/h3-6,12,15H,7-11H2,1-2H3,(H,20,24)(H,21,25)/t15-/m1/s1. The van der Waals surface area contributed by atoms with E-state index in [1.54, 1.807) is 0 Å². The van der Waals surface area contributed by atoms with E-state index in [2.05, 4.69) is 46.8 Å². The van der Waals surface area contributed by atoms with Crippen LogP contribution >= 0.6 is 0 Å². The van der Waals surface area contributed by atoms with Crippen LogP contribution in [0.2, 0.25) is 0 Å². The van der Waals surface area contributed by atoms with Gasteiger partial charge >= 0.3 is 0 Å². The Morgan fingerprint density at radius 2 is 2.12 bits per heavy atom. The lowest BCUT2D eigenvalue weighted by atomic mass is 10.0. The molecule has 0 saturated carbocycles. The molecule has 1 aromatic heterocycles. The summed E-state index contributed by atoms with van der Waals surface area (Å²) in [5, 5.41) is 9.67. The molecule has 0 aliphatic carbocycles. The van der Waals surface area contributed by atoms with Gasteiger partial charge in [-0.2, -0.15) is 4.98 Å². The Morgan fingerprint density at radius 1 is 1.35 bits per heavy atom. The van der Waals surface area contributed by atoms with Crippen LogP contribution in [0.3, 0.4) is 0 Å². The summed E-state index contributed by atoms with van der Waals surface area (Å²) < 4.78 is 5.25. The van der Waals surface area contributed by atoms with Crippen molar-refractivity contribution in [3.05, 3.63) is 35.7 Å². The third kappa shape index (κ3) is 4.68. The van der Waals surface area contributed by atoms with Crippen molar-refractivity contribution < 1.29 is 14.1 Å². The molecule has 138 valence electrons. The van der Waals surface area contributed by atoms with Gasteiger partial charge in [-0.1, -0.05) is 43.3 Å². The molecule has 7 nitrogen and oxygen atoms in total.